The number of hydrogen-bond donors (Lipinski definition) is 2. The lowest BCUT2D eigenvalue weighted by Crippen LogP contribution is -2.43. The molecular weight excluding hydrogens is 376 g/mol. The van der Waals surface area contributed by atoms with E-state index in [1.165, 1.54) is 6.07 Å². The first kappa shape index (κ1) is 20.5. The molecule has 1 heterocycles. The number of nitrogens with two attached hydrogens (primary N) is 1. The van der Waals surface area contributed by atoms with Crippen molar-refractivity contribution >= 4 is 28.6 Å². The van der Waals surface area contributed by atoms with E-state index in [1.54, 1.807) is 18.2 Å². The fourth-order valence-electron chi connectivity index (χ4n) is 3.62. The predicted octanol–water partition coefficient (Wildman–Crippen LogP) is 0.734. The third-order valence-corrected chi connectivity index (χ3v) is 5.20. The van der Waals surface area contributed by atoms with Crippen LogP contribution < -0.4 is 16.6 Å². The Hall–Kier alpha value is -3.23. The van der Waals surface area contributed by atoms with Crippen molar-refractivity contribution in [2.45, 2.75) is 45.2 Å². The zero-order valence-corrected chi connectivity index (χ0v) is 16.2. The molecule has 2 atom stereocenters. The van der Waals surface area contributed by atoms with Crippen molar-refractivity contribution in [2.75, 3.05) is 6.61 Å². The molecule has 0 radical (unpaired) electrons. The third kappa shape index (κ3) is 4.79. The number of carbonyl (C=O) groups excluding carboxylic acids is 3. The minimum absolute atomic E-state index is 0.0813. The van der Waals surface area contributed by atoms with Crippen molar-refractivity contribution in [1.29, 1.82) is 0 Å². The van der Waals surface area contributed by atoms with E-state index in [1.807, 2.05) is 0 Å². The van der Waals surface area contributed by atoms with Gasteiger partial charge in [-0.2, -0.15) is 5.10 Å². The summed E-state index contributed by atoms with van der Waals surface area (Å²) < 4.78 is 5.81. The molecule has 2 aromatic rings. The number of aromatic nitrogens is 2. The maximum Gasteiger partial charge on any atom is 0.328 e. The molecule has 0 saturated heterocycles. The first-order chi connectivity index (χ1) is 13.9. The first-order valence-corrected chi connectivity index (χ1v) is 9.61. The van der Waals surface area contributed by atoms with E-state index in [2.05, 4.69) is 17.3 Å². The molecular formula is C20H24N4O5. The molecule has 9 heteroatoms. The summed E-state index contributed by atoms with van der Waals surface area (Å²) in [7, 11) is 0. The van der Waals surface area contributed by atoms with Crippen LogP contribution in [0.15, 0.2) is 29.1 Å². The van der Waals surface area contributed by atoms with Crippen molar-refractivity contribution < 1.29 is 19.1 Å². The monoisotopic (exact) mass is 400 g/mol. The van der Waals surface area contributed by atoms with Gasteiger partial charge in [0.1, 0.15) is 6.54 Å². The van der Waals surface area contributed by atoms with Gasteiger partial charge in [0.2, 0.25) is 0 Å². The van der Waals surface area contributed by atoms with Gasteiger partial charge in [-0.3, -0.25) is 19.2 Å². The Morgan fingerprint density at radius 1 is 1.21 bits per heavy atom. The van der Waals surface area contributed by atoms with Crippen molar-refractivity contribution in [1.82, 2.24) is 15.1 Å². The van der Waals surface area contributed by atoms with E-state index >= 15 is 0 Å². The van der Waals surface area contributed by atoms with Gasteiger partial charge < -0.3 is 15.8 Å². The summed E-state index contributed by atoms with van der Waals surface area (Å²) in [5.74, 6) is -1.62. The smallest absolute Gasteiger partial charge is 0.328 e. The van der Waals surface area contributed by atoms with Gasteiger partial charge in [-0.05, 0) is 24.8 Å². The topological polar surface area (TPSA) is 133 Å². The second kappa shape index (κ2) is 8.85. The van der Waals surface area contributed by atoms with Crippen LogP contribution in [-0.2, 0) is 20.9 Å². The molecule has 0 aliphatic heterocycles. The molecule has 1 fully saturated rings. The predicted molar refractivity (Wildman–Crippen MR) is 105 cm³/mol. The number of carbonyl (C=O) groups is 3. The number of fused-ring (bicyclic) bond motifs is 1. The number of nitrogens with one attached hydrogen (secondary N) is 1. The van der Waals surface area contributed by atoms with Crippen molar-refractivity contribution in [2.24, 2.45) is 11.7 Å². The fourth-order valence-corrected chi connectivity index (χ4v) is 3.62. The van der Waals surface area contributed by atoms with Gasteiger partial charge in [-0.15, -0.1) is 0 Å². The van der Waals surface area contributed by atoms with Gasteiger partial charge in [0.05, 0.1) is 5.39 Å². The van der Waals surface area contributed by atoms with Crippen LogP contribution in [0, 0.1) is 5.92 Å². The van der Waals surface area contributed by atoms with Crippen molar-refractivity contribution in [3.05, 3.63) is 40.3 Å². The van der Waals surface area contributed by atoms with Crippen LogP contribution in [0.5, 0.6) is 0 Å². The summed E-state index contributed by atoms with van der Waals surface area (Å²) in [6, 6.07) is 6.45. The van der Waals surface area contributed by atoms with Crippen LogP contribution in [0.2, 0.25) is 0 Å². The molecule has 1 aliphatic rings. The standard InChI is InChI=1S/C20H24N4O5/c1-12-6-2-5-9-15(12)22-16(25)11-29-17(26)10-24-20(28)14-8-4-3-7-13(14)18(23-24)19(21)27/h3-4,7-8,12,15H,2,5-6,9-11H2,1H3,(H2,21,27)(H,22,25). The summed E-state index contributed by atoms with van der Waals surface area (Å²) in [6.45, 7) is 1.12. The van der Waals surface area contributed by atoms with Crippen LogP contribution in [0.4, 0.5) is 0 Å². The number of esters is 1. The Morgan fingerprint density at radius 3 is 2.59 bits per heavy atom. The van der Waals surface area contributed by atoms with Crippen LogP contribution >= 0.6 is 0 Å². The lowest BCUT2D eigenvalue weighted by Gasteiger charge is -2.29. The molecule has 29 heavy (non-hydrogen) atoms. The zero-order chi connectivity index (χ0) is 21.0. The lowest BCUT2D eigenvalue weighted by molar-refractivity contribution is -0.149. The molecule has 3 N–H and O–H groups in total. The van der Waals surface area contributed by atoms with E-state index in [-0.39, 0.29) is 23.0 Å². The number of hydrogen-bond acceptors (Lipinski definition) is 6. The van der Waals surface area contributed by atoms with Crippen LogP contribution in [0.1, 0.15) is 43.1 Å². The first-order valence-electron chi connectivity index (χ1n) is 9.61. The Labute approximate surface area is 167 Å². The second-order valence-electron chi connectivity index (χ2n) is 7.32. The number of benzene rings is 1. The molecule has 9 nitrogen and oxygen atoms in total. The number of rotatable bonds is 6. The SMILES string of the molecule is CC1CCCCC1NC(=O)COC(=O)Cn1nc(C(N)=O)c2ccccc2c1=O. The molecule has 1 aromatic heterocycles. The highest BCUT2D eigenvalue weighted by atomic mass is 16.5. The van der Waals surface area contributed by atoms with Gasteiger partial charge >= 0.3 is 5.97 Å². The van der Waals surface area contributed by atoms with E-state index in [9.17, 15) is 19.2 Å². The van der Waals surface area contributed by atoms with Crippen LogP contribution in [0.25, 0.3) is 10.8 Å². The van der Waals surface area contributed by atoms with Gasteiger partial charge in [0.25, 0.3) is 17.4 Å². The Bertz CT molecular complexity index is 1000. The second-order valence-corrected chi connectivity index (χ2v) is 7.32. The molecule has 1 aromatic carbocycles. The minimum atomic E-state index is -0.815. The molecule has 2 unspecified atom stereocenters. The van der Waals surface area contributed by atoms with Gasteiger partial charge in [0.15, 0.2) is 12.3 Å². The molecule has 1 saturated carbocycles. The maximum atomic E-state index is 12.5. The Balaban J connectivity index is 1.65. The quantitative estimate of drug-likeness (QED) is 0.687. The Kier molecular flexibility index (Phi) is 6.26. The Morgan fingerprint density at radius 2 is 1.90 bits per heavy atom. The number of amides is 2. The summed E-state index contributed by atoms with van der Waals surface area (Å²) in [6.07, 6.45) is 4.19. The lowest BCUT2D eigenvalue weighted by atomic mass is 9.86. The van der Waals surface area contributed by atoms with Gasteiger partial charge in [0, 0.05) is 11.4 Å². The summed E-state index contributed by atoms with van der Waals surface area (Å²) >= 11 is 0. The maximum absolute atomic E-state index is 12.5. The van der Waals surface area contributed by atoms with Gasteiger partial charge in [-0.1, -0.05) is 38.0 Å². The van der Waals surface area contributed by atoms with Crippen LogP contribution in [0.3, 0.4) is 0 Å². The average Bonchev–Trinajstić information content (AvgIpc) is 2.70. The fraction of sp³-hybridized carbons (Fsp3) is 0.450. The van der Waals surface area contributed by atoms with E-state index in [0.717, 1.165) is 30.4 Å². The molecule has 0 spiro atoms. The summed E-state index contributed by atoms with van der Waals surface area (Å²) in [5, 5.41) is 7.32. The number of primary amides is 1. The highest BCUT2D eigenvalue weighted by Gasteiger charge is 2.23. The largest absolute Gasteiger partial charge is 0.454 e. The highest BCUT2D eigenvalue weighted by Crippen LogP contribution is 2.23. The van der Waals surface area contributed by atoms with E-state index in [4.69, 9.17) is 10.5 Å². The number of ether oxygens (including phenoxy) is 1. The third-order valence-electron chi connectivity index (χ3n) is 5.20. The molecule has 1 aliphatic carbocycles. The minimum Gasteiger partial charge on any atom is -0.454 e. The molecule has 0 bridgehead atoms. The van der Waals surface area contributed by atoms with E-state index in [0.29, 0.717) is 11.3 Å². The molecule has 2 amide bonds. The zero-order valence-electron chi connectivity index (χ0n) is 16.2. The molecule has 3 rings (SSSR count). The summed E-state index contributed by atoms with van der Waals surface area (Å²) in [4.78, 5) is 48.4. The molecule has 154 valence electrons. The van der Waals surface area contributed by atoms with E-state index < -0.39 is 30.6 Å². The normalized spacial score (nSPS) is 18.9. The van der Waals surface area contributed by atoms with Gasteiger partial charge in [-0.25, -0.2) is 4.68 Å². The average molecular weight is 400 g/mol. The van der Waals surface area contributed by atoms with Crippen molar-refractivity contribution in [3.8, 4) is 0 Å². The van der Waals surface area contributed by atoms with Crippen LogP contribution in [-0.4, -0.2) is 40.2 Å². The summed E-state index contributed by atoms with van der Waals surface area (Å²) in [5.41, 5.74) is 4.68. The highest BCUT2D eigenvalue weighted by molar-refractivity contribution is 6.04. The number of nitrogens with zero attached hydrogens (tertiary/aromatic N) is 2. The van der Waals surface area contributed by atoms with Crippen molar-refractivity contribution in [3.63, 3.8) is 0 Å².